The smallest absolute Gasteiger partial charge is 0.123 e. The molecule has 1 aromatic carbocycles. The topological polar surface area (TPSA) is 9.23 Å². The van der Waals surface area contributed by atoms with Crippen LogP contribution in [0.15, 0.2) is 24.3 Å². The number of ether oxygens (including phenoxy) is 1. The van der Waals surface area contributed by atoms with Gasteiger partial charge in [-0.3, -0.25) is 0 Å². The van der Waals surface area contributed by atoms with Gasteiger partial charge in [0.1, 0.15) is 19.0 Å². The number of hydrogen-bond donors (Lipinski definition) is 0. The molecule has 0 spiro atoms. The summed E-state index contributed by atoms with van der Waals surface area (Å²) in [4.78, 5) is 0. The number of alkyl halides is 1. The summed E-state index contributed by atoms with van der Waals surface area (Å²) in [6.45, 7) is -0.360. The van der Waals surface area contributed by atoms with E-state index in [0.717, 1.165) is 5.56 Å². The Morgan fingerprint density at radius 1 is 1.42 bits per heavy atom. The number of halogens is 1. The molecular weight excluding hydrogens is 154 g/mol. The van der Waals surface area contributed by atoms with Crippen molar-refractivity contribution in [1.82, 2.24) is 0 Å². The van der Waals surface area contributed by atoms with Crippen molar-refractivity contribution in [2.45, 2.75) is 6.32 Å². The summed E-state index contributed by atoms with van der Waals surface area (Å²) in [5.74, 6) is 0.676. The molecule has 1 rings (SSSR count). The van der Waals surface area contributed by atoms with E-state index in [1.807, 2.05) is 18.2 Å². The van der Waals surface area contributed by atoms with Gasteiger partial charge >= 0.3 is 0 Å². The third-order valence-corrected chi connectivity index (χ3v) is 1.48. The highest BCUT2D eigenvalue weighted by Crippen LogP contribution is 2.12. The van der Waals surface area contributed by atoms with E-state index in [1.165, 1.54) is 0 Å². The van der Waals surface area contributed by atoms with Gasteiger partial charge in [0.25, 0.3) is 0 Å². The van der Waals surface area contributed by atoms with Crippen LogP contribution in [-0.2, 0) is 6.32 Å². The van der Waals surface area contributed by atoms with E-state index in [9.17, 15) is 4.39 Å². The second kappa shape index (κ2) is 4.80. The Bertz CT molecular complexity index is 240. The van der Waals surface area contributed by atoms with Gasteiger partial charge in [0.15, 0.2) is 0 Å². The van der Waals surface area contributed by atoms with E-state index >= 15 is 0 Å². The molecule has 3 heteroatoms. The predicted octanol–water partition coefficient (Wildman–Crippen LogP) is 1.70. The molecule has 0 unspecified atom stereocenters. The average Bonchev–Trinajstić information content (AvgIpc) is 2.15. The Morgan fingerprint density at radius 3 is 2.92 bits per heavy atom. The van der Waals surface area contributed by atoms with E-state index in [4.69, 9.17) is 12.6 Å². The van der Waals surface area contributed by atoms with Gasteiger partial charge in [-0.15, -0.1) is 0 Å². The van der Waals surface area contributed by atoms with Gasteiger partial charge in [0.05, 0.1) is 7.85 Å². The molecule has 0 aliphatic heterocycles. The largest absolute Gasteiger partial charge is 0.491 e. The second-order valence-electron chi connectivity index (χ2n) is 2.39. The molecule has 62 valence electrons. The molecule has 0 N–H and O–H groups in total. The third-order valence-electron chi connectivity index (χ3n) is 1.48. The lowest BCUT2D eigenvalue weighted by atomic mass is 9.97. The SMILES string of the molecule is [B]Cc1cccc(OCCF)c1. The summed E-state index contributed by atoms with van der Waals surface area (Å²) in [5, 5.41) is 0. The van der Waals surface area contributed by atoms with Gasteiger partial charge in [-0.1, -0.05) is 24.0 Å². The molecule has 0 saturated heterocycles. The van der Waals surface area contributed by atoms with Gasteiger partial charge in [-0.05, 0) is 12.1 Å². The molecule has 0 amide bonds. The molecule has 0 aliphatic rings. The zero-order valence-corrected chi connectivity index (χ0v) is 6.79. The maximum atomic E-state index is 11.7. The Labute approximate surface area is 73.0 Å². The second-order valence-corrected chi connectivity index (χ2v) is 2.39. The van der Waals surface area contributed by atoms with Crippen molar-refractivity contribution in [2.24, 2.45) is 0 Å². The van der Waals surface area contributed by atoms with Crippen LogP contribution in [0.5, 0.6) is 5.75 Å². The van der Waals surface area contributed by atoms with Crippen molar-refractivity contribution >= 4 is 7.85 Å². The van der Waals surface area contributed by atoms with Gasteiger partial charge in [0, 0.05) is 0 Å². The lowest BCUT2D eigenvalue weighted by molar-refractivity contribution is 0.273. The Morgan fingerprint density at radius 2 is 2.25 bits per heavy atom. The lowest BCUT2D eigenvalue weighted by Gasteiger charge is -2.04. The molecule has 0 bridgehead atoms. The highest BCUT2D eigenvalue weighted by molar-refractivity contribution is 6.08. The zero-order chi connectivity index (χ0) is 8.81. The summed E-state index contributed by atoms with van der Waals surface area (Å²) in [5.41, 5.74) is 0.992. The molecule has 0 aliphatic carbocycles. The zero-order valence-electron chi connectivity index (χ0n) is 6.79. The highest BCUT2D eigenvalue weighted by atomic mass is 19.1. The monoisotopic (exact) mass is 164 g/mol. The molecular formula is C9H10BFO. The fraction of sp³-hybridized carbons (Fsp3) is 0.333. The normalized spacial score (nSPS) is 9.75. The van der Waals surface area contributed by atoms with Crippen molar-refractivity contribution in [1.29, 1.82) is 0 Å². The van der Waals surface area contributed by atoms with E-state index in [1.54, 1.807) is 6.07 Å². The van der Waals surface area contributed by atoms with Crippen molar-refractivity contribution in [3.05, 3.63) is 29.8 Å². The van der Waals surface area contributed by atoms with E-state index in [0.29, 0.717) is 12.1 Å². The summed E-state index contributed by atoms with van der Waals surface area (Å²) in [7, 11) is 5.42. The van der Waals surface area contributed by atoms with Crippen molar-refractivity contribution < 1.29 is 9.13 Å². The highest BCUT2D eigenvalue weighted by Gasteiger charge is 1.93. The van der Waals surface area contributed by atoms with Gasteiger partial charge in [-0.2, -0.15) is 0 Å². The van der Waals surface area contributed by atoms with Gasteiger partial charge < -0.3 is 4.74 Å². The van der Waals surface area contributed by atoms with Crippen LogP contribution in [-0.4, -0.2) is 21.1 Å². The minimum Gasteiger partial charge on any atom is -0.491 e. The standard InChI is InChI=1S/C9H10BFO/c10-7-8-2-1-3-9(6-8)12-5-4-11/h1-3,6H,4-5,7H2. The molecule has 1 aromatic rings. The summed E-state index contributed by atoms with van der Waals surface area (Å²) >= 11 is 0. The summed E-state index contributed by atoms with van der Waals surface area (Å²) in [6.07, 6.45) is 0.479. The Kier molecular flexibility index (Phi) is 3.65. The van der Waals surface area contributed by atoms with Crippen LogP contribution in [0.3, 0.4) is 0 Å². The van der Waals surface area contributed by atoms with Crippen LogP contribution in [0.1, 0.15) is 5.56 Å². The molecule has 0 aromatic heterocycles. The lowest BCUT2D eigenvalue weighted by Crippen LogP contribution is -1.98. The fourth-order valence-corrected chi connectivity index (χ4v) is 0.919. The van der Waals surface area contributed by atoms with Crippen LogP contribution in [0.4, 0.5) is 4.39 Å². The van der Waals surface area contributed by atoms with Crippen molar-refractivity contribution in [2.75, 3.05) is 13.3 Å². The molecule has 12 heavy (non-hydrogen) atoms. The predicted molar refractivity (Wildman–Crippen MR) is 47.4 cm³/mol. The van der Waals surface area contributed by atoms with Crippen molar-refractivity contribution in [3.8, 4) is 5.75 Å². The molecule has 0 atom stereocenters. The van der Waals surface area contributed by atoms with Gasteiger partial charge in [-0.25, -0.2) is 4.39 Å². The maximum absolute atomic E-state index is 11.7. The van der Waals surface area contributed by atoms with E-state index in [2.05, 4.69) is 0 Å². The maximum Gasteiger partial charge on any atom is 0.123 e. The van der Waals surface area contributed by atoms with E-state index < -0.39 is 6.67 Å². The number of benzene rings is 1. The molecule has 0 heterocycles. The number of hydrogen-bond acceptors (Lipinski definition) is 1. The summed E-state index contributed by atoms with van der Waals surface area (Å²) in [6, 6.07) is 7.35. The van der Waals surface area contributed by atoms with Crippen LogP contribution >= 0.6 is 0 Å². The first-order valence-electron chi connectivity index (χ1n) is 3.84. The van der Waals surface area contributed by atoms with Gasteiger partial charge in [0.2, 0.25) is 0 Å². The minimum absolute atomic E-state index is 0.105. The van der Waals surface area contributed by atoms with E-state index in [-0.39, 0.29) is 6.61 Å². The quantitative estimate of drug-likeness (QED) is 0.615. The first-order chi connectivity index (χ1) is 5.86. The van der Waals surface area contributed by atoms with Crippen LogP contribution in [0.25, 0.3) is 0 Å². The average molecular weight is 164 g/mol. The first kappa shape index (κ1) is 9.11. The fourth-order valence-electron chi connectivity index (χ4n) is 0.919. The van der Waals surface area contributed by atoms with Crippen LogP contribution in [0, 0.1) is 0 Å². The van der Waals surface area contributed by atoms with Crippen LogP contribution < -0.4 is 4.74 Å². The molecule has 0 fully saturated rings. The summed E-state index contributed by atoms with van der Waals surface area (Å²) < 4.78 is 16.8. The molecule has 1 nitrogen and oxygen atoms in total. The van der Waals surface area contributed by atoms with Crippen LogP contribution in [0.2, 0.25) is 0 Å². The Balaban J connectivity index is 2.60. The molecule has 0 saturated carbocycles. The number of rotatable bonds is 4. The Hall–Kier alpha value is -0.985. The molecule has 2 radical (unpaired) electrons. The third kappa shape index (κ3) is 2.57. The minimum atomic E-state index is -0.465. The van der Waals surface area contributed by atoms with Crippen molar-refractivity contribution in [3.63, 3.8) is 0 Å². The first-order valence-corrected chi connectivity index (χ1v) is 3.84.